The van der Waals surface area contributed by atoms with Crippen molar-refractivity contribution >= 4 is 29.2 Å². The van der Waals surface area contributed by atoms with E-state index in [1.54, 1.807) is 4.90 Å². The van der Waals surface area contributed by atoms with Crippen LogP contribution in [0.25, 0.3) is 0 Å². The highest BCUT2D eigenvalue weighted by molar-refractivity contribution is 6.12. The summed E-state index contributed by atoms with van der Waals surface area (Å²) >= 11 is 0. The van der Waals surface area contributed by atoms with Gasteiger partial charge in [-0.25, -0.2) is 4.79 Å². The van der Waals surface area contributed by atoms with Crippen molar-refractivity contribution in [2.45, 2.75) is 44.1 Å². The Labute approximate surface area is 181 Å². The lowest BCUT2D eigenvalue weighted by molar-refractivity contribution is -0.135. The van der Waals surface area contributed by atoms with Crippen LogP contribution in [0.1, 0.15) is 36.8 Å². The van der Waals surface area contributed by atoms with Gasteiger partial charge in [0.15, 0.2) is 0 Å². The van der Waals surface area contributed by atoms with Gasteiger partial charge in [0.05, 0.1) is 11.4 Å². The minimum Gasteiger partial charge on any atom is -0.323 e. The molecule has 0 bridgehead atoms. The largest absolute Gasteiger partial charge is 0.325 e. The van der Waals surface area contributed by atoms with Crippen LogP contribution in [0.15, 0.2) is 48.5 Å². The Kier molecular flexibility index (Phi) is 4.01. The molecular formula is C25H25N3O3. The van der Waals surface area contributed by atoms with Crippen LogP contribution in [0.4, 0.5) is 16.2 Å². The zero-order chi connectivity index (χ0) is 21.2. The second kappa shape index (κ2) is 6.67. The van der Waals surface area contributed by atoms with Gasteiger partial charge >= 0.3 is 6.03 Å². The lowest BCUT2D eigenvalue weighted by Crippen LogP contribution is -2.51. The number of carbonyl (C=O) groups is 3. The van der Waals surface area contributed by atoms with Crippen LogP contribution >= 0.6 is 0 Å². The van der Waals surface area contributed by atoms with Crippen molar-refractivity contribution in [3.05, 3.63) is 59.7 Å². The summed E-state index contributed by atoms with van der Waals surface area (Å²) < 4.78 is 0. The summed E-state index contributed by atoms with van der Waals surface area (Å²) in [6.45, 7) is -0.242. The molecule has 2 aromatic rings. The van der Waals surface area contributed by atoms with Crippen molar-refractivity contribution in [2.75, 3.05) is 11.4 Å². The minimum atomic E-state index is -0.772. The highest BCUT2D eigenvalue weighted by Gasteiger charge is 2.65. The Morgan fingerprint density at radius 1 is 0.871 bits per heavy atom. The quantitative estimate of drug-likeness (QED) is 0.777. The molecule has 0 atom stereocenters. The molecular weight excluding hydrogens is 390 g/mol. The number of fused-ring (bicyclic) bond motifs is 2. The van der Waals surface area contributed by atoms with Gasteiger partial charge in [0.25, 0.3) is 11.8 Å². The van der Waals surface area contributed by atoms with Crippen molar-refractivity contribution in [1.82, 2.24) is 10.2 Å². The molecule has 2 saturated carbocycles. The number of hydrogen-bond donors (Lipinski definition) is 1. The molecule has 0 aromatic heterocycles. The molecule has 158 valence electrons. The molecule has 31 heavy (non-hydrogen) atoms. The maximum absolute atomic E-state index is 13.7. The van der Waals surface area contributed by atoms with E-state index < -0.39 is 11.6 Å². The summed E-state index contributed by atoms with van der Waals surface area (Å²) in [4.78, 5) is 42.8. The first-order valence-electron chi connectivity index (χ1n) is 11.2. The molecule has 0 unspecified atom stereocenters. The van der Waals surface area contributed by atoms with Crippen molar-refractivity contribution in [2.24, 2.45) is 11.8 Å². The van der Waals surface area contributed by atoms with Crippen molar-refractivity contribution in [3.8, 4) is 0 Å². The molecule has 6 nitrogen and oxygen atoms in total. The van der Waals surface area contributed by atoms with Crippen LogP contribution in [-0.4, -0.2) is 34.8 Å². The number of urea groups is 1. The van der Waals surface area contributed by atoms with E-state index >= 15 is 0 Å². The molecule has 2 aliphatic carbocycles. The highest BCUT2D eigenvalue weighted by Crippen LogP contribution is 2.54. The van der Waals surface area contributed by atoms with E-state index in [9.17, 15) is 14.4 Å². The predicted octanol–water partition coefficient (Wildman–Crippen LogP) is 3.56. The molecule has 1 N–H and O–H groups in total. The van der Waals surface area contributed by atoms with E-state index in [0.717, 1.165) is 65.9 Å². The van der Waals surface area contributed by atoms with Crippen LogP contribution < -0.4 is 10.2 Å². The SMILES string of the molecule is O=C1NC(C2CC2)(C2CC2)C(=O)N1CC(=O)N1c2ccccc2CCc2ccccc21. The number of nitrogens with one attached hydrogen (secondary N) is 1. The smallest absolute Gasteiger partial charge is 0.323 e. The summed E-state index contributed by atoms with van der Waals surface area (Å²) in [6.07, 6.45) is 5.56. The molecule has 0 spiro atoms. The molecule has 0 radical (unpaired) electrons. The van der Waals surface area contributed by atoms with Gasteiger partial charge in [-0.1, -0.05) is 36.4 Å². The number of anilines is 2. The first kappa shape index (κ1) is 18.6. The van der Waals surface area contributed by atoms with Gasteiger partial charge in [0.2, 0.25) is 0 Å². The van der Waals surface area contributed by atoms with E-state index in [2.05, 4.69) is 5.32 Å². The molecule has 2 aromatic carbocycles. The molecule has 6 rings (SSSR count). The fourth-order valence-electron chi connectivity index (χ4n) is 5.48. The third kappa shape index (κ3) is 2.81. The number of nitrogens with zero attached hydrogens (tertiary/aromatic N) is 2. The minimum absolute atomic E-state index is 0.202. The zero-order valence-electron chi connectivity index (χ0n) is 17.3. The molecule has 2 heterocycles. The van der Waals surface area contributed by atoms with E-state index in [1.807, 2.05) is 48.5 Å². The number of hydrogen-bond acceptors (Lipinski definition) is 3. The number of rotatable bonds is 4. The number of amides is 4. The second-order valence-electron chi connectivity index (χ2n) is 9.23. The Balaban J connectivity index is 1.35. The van der Waals surface area contributed by atoms with Crippen LogP contribution in [0.5, 0.6) is 0 Å². The van der Waals surface area contributed by atoms with Crippen LogP contribution in [0, 0.1) is 11.8 Å². The molecule has 3 fully saturated rings. The topological polar surface area (TPSA) is 69.7 Å². The number of aryl methyl sites for hydroxylation is 2. The Morgan fingerprint density at radius 3 is 1.90 bits per heavy atom. The van der Waals surface area contributed by atoms with Gasteiger partial charge in [-0.3, -0.25) is 19.4 Å². The average Bonchev–Trinajstić information content (AvgIpc) is 3.68. The van der Waals surface area contributed by atoms with Crippen LogP contribution in [0.3, 0.4) is 0 Å². The molecule has 1 saturated heterocycles. The average molecular weight is 415 g/mol. The van der Waals surface area contributed by atoms with E-state index in [-0.39, 0.29) is 30.2 Å². The zero-order valence-corrected chi connectivity index (χ0v) is 17.3. The van der Waals surface area contributed by atoms with E-state index in [1.165, 1.54) is 0 Å². The number of carbonyl (C=O) groups excluding carboxylic acids is 3. The van der Waals surface area contributed by atoms with E-state index in [0.29, 0.717) is 0 Å². The van der Waals surface area contributed by atoms with Gasteiger partial charge in [-0.2, -0.15) is 0 Å². The standard InChI is InChI=1S/C25H25N3O3/c29-22(15-27-23(30)25(18-11-12-18,19-13-14-19)26-24(27)31)28-20-7-3-1-5-16(20)9-10-17-6-2-4-8-21(17)28/h1-8,18-19H,9-15H2,(H,26,31). The Morgan fingerprint density at radius 2 is 1.39 bits per heavy atom. The summed E-state index contributed by atoms with van der Waals surface area (Å²) in [7, 11) is 0. The number of imide groups is 1. The Hall–Kier alpha value is -3.15. The summed E-state index contributed by atoms with van der Waals surface area (Å²) in [5, 5.41) is 3.02. The second-order valence-corrected chi connectivity index (χ2v) is 9.23. The van der Waals surface area contributed by atoms with Gasteiger partial charge in [-0.15, -0.1) is 0 Å². The monoisotopic (exact) mass is 415 g/mol. The summed E-state index contributed by atoms with van der Waals surface area (Å²) in [5.41, 5.74) is 3.08. The van der Waals surface area contributed by atoms with Crippen LogP contribution in [0.2, 0.25) is 0 Å². The Bertz CT molecular complexity index is 1040. The van der Waals surface area contributed by atoms with Crippen molar-refractivity contribution < 1.29 is 14.4 Å². The number of para-hydroxylation sites is 2. The summed E-state index contributed by atoms with van der Waals surface area (Å²) in [5.74, 6) is -0.0210. The van der Waals surface area contributed by atoms with Crippen molar-refractivity contribution in [3.63, 3.8) is 0 Å². The highest BCUT2D eigenvalue weighted by atomic mass is 16.2. The van der Waals surface area contributed by atoms with Gasteiger partial charge in [-0.05, 0) is 73.6 Å². The third-order valence-electron chi connectivity index (χ3n) is 7.27. The fourth-order valence-corrected chi connectivity index (χ4v) is 5.48. The lowest BCUT2D eigenvalue weighted by atomic mass is 9.87. The maximum atomic E-state index is 13.7. The molecule has 2 aliphatic heterocycles. The fraction of sp³-hybridized carbons (Fsp3) is 0.400. The predicted molar refractivity (Wildman–Crippen MR) is 116 cm³/mol. The molecule has 4 aliphatic rings. The first-order valence-corrected chi connectivity index (χ1v) is 11.2. The molecule has 6 heteroatoms. The van der Waals surface area contributed by atoms with Gasteiger partial charge < -0.3 is 5.32 Å². The molecule has 4 amide bonds. The third-order valence-corrected chi connectivity index (χ3v) is 7.27. The summed E-state index contributed by atoms with van der Waals surface area (Å²) in [6, 6.07) is 15.4. The van der Waals surface area contributed by atoms with E-state index in [4.69, 9.17) is 0 Å². The lowest BCUT2D eigenvalue weighted by Gasteiger charge is -2.28. The van der Waals surface area contributed by atoms with Crippen LogP contribution in [-0.2, 0) is 22.4 Å². The van der Waals surface area contributed by atoms with Gasteiger partial charge in [0, 0.05) is 0 Å². The maximum Gasteiger partial charge on any atom is 0.325 e. The normalized spacial score (nSPS) is 21.9. The number of benzene rings is 2. The van der Waals surface area contributed by atoms with Gasteiger partial charge in [0.1, 0.15) is 12.1 Å². The van der Waals surface area contributed by atoms with Crippen molar-refractivity contribution in [1.29, 1.82) is 0 Å². The first-order chi connectivity index (χ1) is 15.1.